The molecule has 0 amide bonds. The van der Waals surface area contributed by atoms with Gasteiger partial charge in [0.05, 0.1) is 15.9 Å². The lowest BCUT2D eigenvalue weighted by molar-refractivity contribution is 0.585. The highest BCUT2D eigenvalue weighted by Gasteiger charge is 2.14. The number of aromatic amines is 2. The number of hydrogen-bond acceptors (Lipinski definition) is 3. The Morgan fingerprint density at radius 1 is 1.33 bits per heavy atom. The predicted molar refractivity (Wildman–Crippen MR) is 69.1 cm³/mol. The van der Waals surface area contributed by atoms with Crippen molar-refractivity contribution < 1.29 is 8.42 Å². The summed E-state index contributed by atoms with van der Waals surface area (Å²) in [5.74, 6) is 0. The third-order valence-corrected chi connectivity index (χ3v) is 3.78. The molecule has 96 valence electrons. The van der Waals surface area contributed by atoms with Gasteiger partial charge in [-0.3, -0.25) is 0 Å². The summed E-state index contributed by atoms with van der Waals surface area (Å²) in [6.45, 7) is 3.34. The second kappa shape index (κ2) is 4.60. The Bertz CT molecular complexity index is 760. The van der Waals surface area contributed by atoms with E-state index in [1.54, 1.807) is 0 Å². The van der Waals surface area contributed by atoms with Crippen LogP contribution in [0.5, 0.6) is 0 Å². The van der Waals surface area contributed by atoms with Crippen LogP contribution in [0.2, 0.25) is 0 Å². The third kappa shape index (κ3) is 2.63. The lowest BCUT2D eigenvalue weighted by Gasteiger charge is -2.05. The summed E-state index contributed by atoms with van der Waals surface area (Å²) in [5, 5.41) is 0.190. The van der Waals surface area contributed by atoms with E-state index in [0.717, 1.165) is 0 Å². The van der Waals surface area contributed by atoms with Crippen LogP contribution in [0.1, 0.15) is 0 Å². The maximum Gasteiger partial charge on any atom is 0.323 e. The van der Waals surface area contributed by atoms with E-state index in [2.05, 4.69) is 21.3 Å². The first-order valence-corrected chi connectivity index (χ1v) is 6.79. The monoisotopic (exact) mass is 287 g/mol. The Labute approximate surface area is 108 Å². The molecular formula is C10H10ClN3O3S. The van der Waals surface area contributed by atoms with Crippen molar-refractivity contribution in [2.75, 3.05) is 6.54 Å². The SMILES string of the molecule is C=C(Cl)CNS(=O)(=O)c1ccc2[nH]c(=O)[nH]c2c1. The Kier molecular flexibility index (Phi) is 3.29. The average molecular weight is 288 g/mol. The van der Waals surface area contributed by atoms with Crippen molar-refractivity contribution in [3.05, 3.63) is 40.3 Å². The zero-order chi connectivity index (χ0) is 13.3. The molecule has 0 aliphatic heterocycles. The first-order chi connectivity index (χ1) is 8.38. The van der Waals surface area contributed by atoms with Crippen LogP contribution in [-0.4, -0.2) is 24.9 Å². The number of aromatic nitrogens is 2. The summed E-state index contributed by atoms with van der Waals surface area (Å²) >= 11 is 5.50. The van der Waals surface area contributed by atoms with Crippen molar-refractivity contribution in [2.24, 2.45) is 0 Å². The fourth-order valence-corrected chi connectivity index (χ4v) is 2.63. The molecule has 0 spiro atoms. The zero-order valence-corrected chi connectivity index (χ0v) is 10.7. The van der Waals surface area contributed by atoms with E-state index in [-0.39, 0.29) is 22.2 Å². The van der Waals surface area contributed by atoms with Crippen molar-refractivity contribution in [1.29, 1.82) is 0 Å². The van der Waals surface area contributed by atoms with Gasteiger partial charge in [0.1, 0.15) is 0 Å². The summed E-state index contributed by atoms with van der Waals surface area (Å²) in [5.41, 5.74) is 0.579. The quantitative estimate of drug-likeness (QED) is 0.779. The molecule has 0 fully saturated rings. The largest absolute Gasteiger partial charge is 0.323 e. The lowest BCUT2D eigenvalue weighted by atomic mass is 10.3. The van der Waals surface area contributed by atoms with Crippen LogP contribution in [0, 0.1) is 0 Å². The van der Waals surface area contributed by atoms with E-state index >= 15 is 0 Å². The minimum atomic E-state index is -3.67. The van der Waals surface area contributed by atoms with Crippen molar-refractivity contribution >= 4 is 32.7 Å². The number of sulfonamides is 1. The molecule has 3 N–H and O–H groups in total. The predicted octanol–water partition coefficient (Wildman–Crippen LogP) is 0.887. The minimum absolute atomic E-state index is 0.0446. The minimum Gasteiger partial charge on any atom is -0.306 e. The van der Waals surface area contributed by atoms with Gasteiger partial charge in [0.15, 0.2) is 0 Å². The number of hydrogen-bond donors (Lipinski definition) is 3. The molecule has 2 rings (SSSR count). The van der Waals surface area contributed by atoms with Crippen LogP contribution in [-0.2, 0) is 10.0 Å². The molecule has 1 heterocycles. The standard InChI is InChI=1S/C10H10ClN3O3S/c1-6(11)5-12-18(16,17)7-2-3-8-9(4-7)14-10(15)13-8/h2-4,12H,1,5H2,(H2,13,14,15). The average Bonchev–Trinajstić information content (AvgIpc) is 2.65. The molecule has 0 saturated heterocycles. The number of benzene rings is 1. The second-order valence-corrected chi connectivity index (χ2v) is 5.93. The van der Waals surface area contributed by atoms with Gasteiger partial charge in [-0.05, 0) is 18.2 Å². The maximum absolute atomic E-state index is 11.9. The van der Waals surface area contributed by atoms with Crippen molar-refractivity contribution in [3.63, 3.8) is 0 Å². The molecule has 1 aromatic heterocycles. The van der Waals surface area contributed by atoms with Crippen LogP contribution in [0.4, 0.5) is 0 Å². The zero-order valence-electron chi connectivity index (χ0n) is 9.16. The molecule has 0 bridgehead atoms. The number of imidazole rings is 1. The fourth-order valence-electron chi connectivity index (χ4n) is 1.44. The third-order valence-electron chi connectivity index (χ3n) is 2.25. The molecule has 1 aromatic carbocycles. The highest BCUT2D eigenvalue weighted by atomic mass is 35.5. The van der Waals surface area contributed by atoms with E-state index in [9.17, 15) is 13.2 Å². The molecular weight excluding hydrogens is 278 g/mol. The van der Waals surface area contributed by atoms with Crippen molar-refractivity contribution in [3.8, 4) is 0 Å². The van der Waals surface area contributed by atoms with Gasteiger partial charge in [-0.1, -0.05) is 18.2 Å². The summed E-state index contributed by atoms with van der Waals surface area (Å²) < 4.78 is 26.0. The van der Waals surface area contributed by atoms with E-state index in [1.807, 2.05) is 0 Å². The lowest BCUT2D eigenvalue weighted by Crippen LogP contribution is -2.24. The molecule has 2 aromatic rings. The van der Waals surface area contributed by atoms with E-state index in [0.29, 0.717) is 11.0 Å². The van der Waals surface area contributed by atoms with Gasteiger partial charge < -0.3 is 9.97 Å². The smallest absolute Gasteiger partial charge is 0.306 e. The van der Waals surface area contributed by atoms with E-state index < -0.39 is 10.0 Å². The summed E-state index contributed by atoms with van der Waals surface area (Å²) in [4.78, 5) is 16.1. The Morgan fingerprint density at radius 3 is 2.67 bits per heavy atom. The Morgan fingerprint density at radius 2 is 2.00 bits per heavy atom. The Hall–Kier alpha value is -1.57. The molecule has 18 heavy (non-hydrogen) atoms. The summed E-state index contributed by atoms with van der Waals surface area (Å²) in [7, 11) is -3.67. The molecule has 0 radical (unpaired) electrons. The highest BCUT2D eigenvalue weighted by Crippen LogP contribution is 2.15. The van der Waals surface area contributed by atoms with Gasteiger partial charge in [0.2, 0.25) is 10.0 Å². The van der Waals surface area contributed by atoms with Crippen LogP contribution in [0.25, 0.3) is 11.0 Å². The highest BCUT2D eigenvalue weighted by molar-refractivity contribution is 7.89. The summed E-state index contributed by atoms with van der Waals surface area (Å²) in [6.07, 6.45) is 0. The Balaban J connectivity index is 2.41. The van der Waals surface area contributed by atoms with Crippen LogP contribution < -0.4 is 10.4 Å². The van der Waals surface area contributed by atoms with Crippen LogP contribution >= 0.6 is 11.6 Å². The van der Waals surface area contributed by atoms with E-state index in [4.69, 9.17) is 11.6 Å². The van der Waals surface area contributed by atoms with Gasteiger partial charge in [-0.15, -0.1) is 0 Å². The van der Waals surface area contributed by atoms with Gasteiger partial charge in [-0.25, -0.2) is 17.9 Å². The van der Waals surface area contributed by atoms with Crippen LogP contribution in [0.3, 0.4) is 0 Å². The molecule has 6 nitrogen and oxygen atoms in total. The molecule has 0 aliphatic rings. The topological polar surface area (TPSA) is 94.8 Å². The molecule has 0 aliphatic carbocycles. The number of halogens is 1. The van der Waals surface area contributed by atoms with E-state index in [1.165, 1.54) is 18.2 Å². The molecule has 8 heteroatoms. The number of rotatable bonds is 4. The fraction of sp³-hybridized carbons (Fsp3) is 0.100. The molecule has 0 unspecified atom stereocenters. The van der Waals surface area contributed by atoms with Crippen molar-refractivity contribution in [2.45, 2.75) is 4.90 Å². The first kappa shape index (κ1) is 12.9. The van der Waals surface area contributed by atoms with Gasteiger partial charge in [0, 0.05) is 11.6 Å². The number of nitrogens with one attached hydrogen (secondary N) is 3. The maximum atomic E-state index is 11.9. The van der Waals surface area contributed by atoms with Gasteiger partial charge in [-0.2, -0.15) is 0 Å². The number of fused-ring (bicyclic) bond motifs is 1. The van der Waals surface area contributed by atoms with Crippen molar-refractivity contribution in [1.82, 2.24) is 14.7 Å². The van der Waals surface area contributed by atoms with Crippen LogP contribution in [0.15, 0.2) is 39.5 Å². The summed E-state index contributed by atoms with van der Waals surface area (Å²) in [6, 6.07) is 4.27. The van der Waals surface area contributed by atoms with Gasteiger partial charge >= 0.3 is 5.69 Å². The molecule has 0 atom stereocenters. The normalized spacial score (nSPS) is 11.8. The molecule has 0 saturated carbocycles. The second-order valence-electron chi connectivity index (χ2n) is 3.63. The first-order valence-electron chi connectivity index (χ1n) is 4.93. The number of H-pyrrole nitrogens is 2. The van der Waals surface area contributed by atoms with Gasteiger partial charge in [0.25, 0.3) is 0 Å².